The van der Waals surface area contributed by atoms with Crippen molar-refractivity contribution in [1.29, 1.82) is 0 Å². The highest BCUT2D eigenvalue weighted by Gasteiger charge is 2.41. The summed E-state index contributed by atoms with van der Waals surface area (Å²) >= 11 is 8.82. The molecule has 7 heteroatoms. The number of hydrogen-bond acceptors (Lipinski definition) is 3. The summed E-state index contributed by atoms with van der Waals surface area (Å²) in [7, 11) is -2.97. The zero-order valence-corrected chi connectivity index (χ0v) is 13.5. The van der Waals surface area contributed by atoms with Crippen LogP contribution in [0.1, 0.15) is 13.3 Å². The van der Waals surface area contributed by atoms with E-state index in [1.54, 1.807) is 0 Å². The average Bonchev–Trinajstić information content (AvgIpc) is 2.75. The first-order chi connectivity index (χ1) is 8.81. The molecule has 0 spiro atoms. The molecule has 1 aromatic heterocycles. The maximum absolute atomic E-state index is 11.8. The summed E-state index contributed by atoms with van der Waals surface area (Å²) in [5.41, 5.74) is 1.41. The van der Waals surface area contributed by atoms with E-state index in [0.29, 0.717) is 11.2 Å². The lowest BCUT2D eigenvalue weighted by molar-refractivity contribution is 0.372. The quantitative estimate of drug-likeness (QED) is 0.795. The summed E-state index contributed by atoms with van der Waals surface area (Å²) in [6.07, 6.45) is 0.600. The van der Waals surface area contributed by atoms with Crippen molar-refractivity contribution in [3.63, 3.8) is 0 Å². The Morgan fingerprint density at radius 2 is 2.21 bits per heavy atom. The number of imidazole rings is 1. The first-order valence-electron chi connectivity index (χ1n) is 5.92. The van der Waals surface area contributed by atoms with Crippen LogP contribution in [-0.2, 0) is 15.4 Å². The largest absolute Gasteiger partial charge is 0.331 e. The lowest BCUT2D eigenvalue weighted by Gasteiger charge is -2.25. The van der Waals surface area contributed by atoms with Crippen LogP contribution in [0.4, 0.5) is 0 Å². The summed E-state index contributed by atoms with van der Waals surface area (Å²) in [5, 5.41) is 0. The molecule has 1 atom stereocenters. The van der Waals surface area contributed by atoms with Gasteiger partial charge in [0.1, 0.15) is 0 Å². The van der Waals surface area contributed by atoms with E-state index < -0.39 is 15.4 Å². The molecular formula is C12H13BrN2O2S2. The van der Waals surface area contributed by atoms with Crippen LogP contribution in [0.2, 0.25) is 0 Å². The molecule has 2 heterocycles. The summed E-state index contributed by atoms with van der Waals surface area (Å²) in [4.78, 5) is 3.15. The lowest BCUT2D eigenvalue weighted by atomic mass is 10.0. The van der Waals surface area contributed by atoms with E-state index in [2.05, 4.69) is 20.9 Å². The number of benzene rings is 1. The number of sulfone groups is 1. The molecule has 0 amide bonds. The number of hydrogen-bond donors (Lipinski definition) is 1. The molecular weight excluding hydrogens is 348 g/mol. The molecule has 1 fully saturated rings. The molecule has 0 radical (unpaired) electrons. The maximum atomic E-state index is 11.8. The summed E-state index contributed by atoms with van der Waals surface area (Å²) < 4.78 is 27.1. The number of H-pyrrole nitrogens is 1. The Morgan fingerprint density at radius 3 is 2.84 bits per heavy atom. The van der Waals surface area contributed by atoms with E-state index in [1.807, 2.05) is 29.7 Å². The molecule has 1 N–H and O–H groups in total. The first-order valence-corrected chi connectivity index (χ1v) is 8.94. The third-order valence-electron chi connectivity index (χ3n) is 3.67. The zero-order chi connectivity index (χ0) is 13.8. The van der Waals surface area contributed by atoms with Crippen LogP contribution in [0.3, 0.4) is 0 Å². The van der Waals surface area contributed by atoms with Crippen molar-refractivity contribution in [2.75, 3.05) is 11.5 Å². The number of halogens is 1. The number of rotatable bonds is 1. The van der Waals surface area contributed by atoms with Crippen molar-refractivity contribution < 1.29 is 8.42 Å². The van der Waals surface area contributed by atoms with Crippen molar-refractivity contribution >= 4 is 49.0 Å². The highest BCUT2D eigenvalue weighted by Crippen LogP contribution is 2.34. The molecule has 1 saturated heterocycles. The predicted octanol–water partition coefficient (Wildman–Crippen LogP) is 3.00. The van der Waals surface area contributed by atoms with Gasteiger partial charge in [-0.25, -0.2) is 8.42 Å². The number of aromatic amines is 1. The Labute approximate surface area is 124 Å². The smallest absolute Gasteiger partial charge is 0.178 e. The second kappa shape index (κ2) is 4.17. The molecule has 4 nitrogen and oxygen atoms in total. The van der Waals surface area contributed by atoms with Gasteiger partial charge < -0.3 is 9.55 Å². The molecule has 1 unspecified atom stereocenters. The van der Waals surface area contributed by atoms with Gasteiger partial charge in [0.25, 0.3) is 0 Å². The number of fused-ring (bicyclic) bond motifs is 1. The fraction of sp³-hybridized carbons (Fsp3) is 0.417. The standard InChI is InChI=1S/C12H13BrN2O2S2/c1-12(4-5-19(16,17)7-12)15-10-6-8(13)2-3-9(10)14-11(15)18/h2-3,6H,4-5,7H2,1H3,(H,14,18). The highest BCUT2D eigenvalue weighted by atomic mass is 79.9. The van der Waals surface area contributed by atoms with E-state index in [0.717, 1.165) is 15.5 Å². The van der Waals surface area contributed by atoms with Gasteiger partial charge in [0.15, 0.2) is 14.6 Å². The first kappa shape index (κ1) is 13.3. The van der Waals surface area contributed by atoms with Crippen molar-refractivity contribution in [1.82, 2.24) is 9.55 Å². The Hall–Kier alpha value is -0.660. The van der Waals surface area contributed by atoms with Crippen LogP contribution in [0.25, 0.3) is 11.0 Å². The minimum absolute atomic E-state index is 0.147. The van der Waals surface area contributed by atoms with Gasteiger partial charge in [-0.05, 0) is 43.8 Å². The van der Waals surface area contributed by atoms with E-state index in [-0.39, 0.29) is 11.5 Å². The van der Waals surface area contributed by atoms with Crippen molar-refractivity contribution in [3.8, 4) is 0 Å². The predicted molar refractivity (Wildman–Crippen MR) is 81.7 cm³/mol. The summed E-state index contributed by atoms with van der Waals surface area (Å²) in [6.45, 7) is 1.96. The Balaban J connectivity index is 2.29. The molecule has 19 heavy (non-hydrogen) atoms. The van der Waals surface area contributed by atoms with Gasteiger partial charge in [-0.15, -0.1) is 0 Å². The summed E-state index contributed by atoms with van der Waals surface area (Å²) in [5.74, 6) is 0.375. The third kappa shape index (κ3) is 2.17. The SMILES string of the molecule is CC1(n2c(=S)[nH]c3ccc(Br)cc32)CCS(=O)(=O)C1. The van der Waals surface area contributed by atoms with Gasteiger partial charge >= 0.3 is 0 Å². The van der Waals surface area contributed by atoms with Gasteiger partial charge in [-0.2, -0.15) is 0 Å². The van der Waals surface area contributed by atoms with Gasteiger partial charge in [-0.3, -0.25) is 0 Å². The molecule has 1 aliphatic rings. The molecule has 0 saturated carbocycles. The van der Waals surface area contributed by atoms with Gasteiger partial charge in [0, 0.05) is 4.47 Å². The molecule has 0 aliphatic carbocycles. The minimum atomic E-state index is -2.97. The van der Waals surface area contributed by atoms with Gasteiger partial charge in [0.05, 0.1) is 28.1 Å². The maximum Gasteiger partial charge on any atom is 0.178 e. The second-order valence-corrected chi connectivity index (χ2v) is 8.75. The van der Waals surface area contributed by atoms with Crippen LogP contribution in [-0.4, -0.2) is 29.5 Å². The Bertz CT molecular complexity index is 822. The topological polar surface area (TPSA) is 54.9 Å². The monoisotopic (exact) mass is 360 g/mol. The Kier molecular flexibility index (Phi) is 2.92. The van der Waals surface area contributed by atoms with Crippen molar-refractivity contribution in [2.45, 2.75) is 18.9 Å². The van der Waals surface area contributed by atoms with Crippen LogP contribution in [0, 0.1) is 4.77 Å². The zero-order valence-electron chi connectivity index (χ0n) is 10.3. The third-order valence-corrected chi connectivity index (χ3v) is 6.33. The van der Waals surface area contributed by atoms with Crippen molar-refractivity contribution in [3.05, 3.63) is 27.4 Å². The number of aromatic nitrogens is 2. The van der Waals surface area contributed by atoms with E-state index >= 15 is 0 Å². The molecule has 3 rings (SSSR count). The number of nitrogens with one attached hydrogen (secondary N) is 1. The summed E-state index contributed by atoms with van der Waals surface area (Å²) in [6, 6.07) is 5.85. The van der Waals surface area contributed by atoms with E-state index in [4.69, 9.17) is 12.2 Å². The normalized spacial score (nSPS) is 26.0. The highest BCUT2D eigenvalue weighted by molar-refractivity contribution is 9.10. The molecule has 102 valence electrons. The number of nitrogens with zero attached hydrogens (tertiary/aromatic N) is 1. The van der Waals surface area contributed by atoms with Crippen LogP contribution < -0.4 is 0 Å². The van der Waals surface area contributed by atoms with Crippen LogP contribution >= 0.6 is 28.1 Å². The second-order valence-electron chi connectivity index (χ2n) is 5.27. The van der Waals surface area contributed by atoms with Gasteiger partial charge in [0.2, 0.25) is 0 Å². The lowest BCUT2D eigenvalue weighted by Crippen LogP contribution is -2.31. The van der Waals surface area contributed by atoms with Gasteiger partial charge in [-0.1, -0.05) is 15.9 Å². The minimum Gasteiger partial charge on any atom is -0.331 e. The molecule has 2 aromatic rings. The fourth-order valence-electron chi connectivity index (χ4n) is 2.78. The fourth-order valence-corrected chi connectivity index (χ4v) is 5.68. The molecule has 1 aliphatic heterocycles. The van der Waals surface area contributed by atoms with Crippen LogP contribution in [0.5, 0.6) is 0 Å². The average molecular weight is 361 g/mol. The molecule has 0 bridgehead atoms. The Morgan fingerprint density at radius 1 is 1.47 bits per heavy atom. The van der Waals surface area contributed by atoms with E-state index in [1.165, 1.54) is 0 Å². The van der Waals surface area contributed by atoms with Crippen LogP contribution in [0.15, 0.2) is 22.7 Å². The van der Waals surface area contributed by atoms with E-state index in [9.17, 15) is 8.42 Å². The van der Waals surface area contributed by atoms with Crippen molar-refractivity contribution in [2.24, 2.45) is 0 Å². The molecule has 1 aromatic carbocycles.